The normalized spacial score (nSPS) is 11.8. The molecular weight excluding hydrogens is 196 g/mol. The van der Waals surface area contributed by atoms with Crippen LogP contribution in [0.5, 0.6) is 11.5 Å². The Hall–Kier alpha value is -1.97. The van der Waals surface area contributed by atoms with Crippen molar-refractivity contribution in [1.82, 2.24) is 0 Å². The van der Waals surface area contributed by atoms with E-state index in [1.165, 1.54) is 24.3 Å². The lowest BCUT2D eigenvalue weighted by molar-refractivity contribution is -0.143. The SMILES string of the molecule is C=C(C)[C@@H](Oc1ccc(O)cc1)C(=O)O. The van der Waals surface area contributed by atoms with Gasteiger partial charge in [0.15, 0.2) is 0 Å². The van der Waals surface area contributed by atoms with Gasteiger partial charge in [-0.1, -0.05) is 6.58 Å². The van der Waals surface area contributed by atoms with Crippen molar-refractivity contribution in [2.45, 2.75) is 13.0 Å². The third-order valence-corrected chi connectivity index (χ3v) is 1.76. The molecule has 1 aromatic rings. The van der Waals surface area contributed by atoms with E-state index in [9.17, 15) is 4.79 Å². The fraction of sp³-hybridized carbons (Fsp3) is 0.182. The minimum atomic E-state index is -1.09. The first-order valence-corrected chi connectivity index (χ1v) is 4.34. The zero-order chi connectivity index (χ0) is 11.4. The first kappa shape index (κ1) is 11.1. The van der Waals surface area contributed by atoms with E-state index in [1.54, 1.807) is 6.92 Å². The van der Waals surface area contributed by atoms with E-state index in [-0.39, 0.29) is 5.75 Å². The van der Waals surface area contributed by atoms with Crippen LogP contribution < -0.4 is 4.74 Å². The first-order chi connectivity index (χ1) is 7.00. The molecule has 0 aromatic heterocycles. The lowest BCUT2D eigenvalue weighted by atomic mass is 10.2. The fourth-order valence-corrected chi connectivity index (χ4v) is 1.02. The van der Waals surface area contributed by atoms with Crippen molar-refractivity contribution < 1.29 is 19.7 Å². The molecule has 0 spiro atoms. The second-order valence-electron chi connectivity index (χ2n) is 3.18. The molecule has 0 fully saturated rings. The maximum atomic E-state index is 10.8. The van der Waals surface area contributed by atoms with E-state index in [4.69, 9.17) is 14.9 Å². The summed E-state index contributed by atoms with van der Waals surface area (Å²) in [4.78, 5) is 10.8. The van der Waals surface area contributed by atoms with Gasteiger partial charge in [0.2, 0.25) is 6.10 Å². The van der Waals surface area contributed by atoms with Gasteiger partial charge in [-0.2, -0.15) is 0 Å². The Balaban J connectivity index is 2.79. The molecule has 4 nitrogen and oxygen atoms in total. The van der Waals surface area contributed by atoms with Crippen molar-refractivity contribution in [2.24, 2.45) is 0 Å². The van der Waals surface area contributed by atoms with Gasteiger partial charge in [0.25, 0.3) is 0 Å². The van der Waals surface area contributed by atoms with Gasteiger partial charge in [-0.15, -0.1) is 0 Å². The van der Waals surface area contributed by atoms with Gasteiger partial charge in [-0.3, -0.25) is 0 Å². The van der Waals surface area contributed by atoms with Crippen LogP contribution in [0.1, 0.15) is 6.92 Å². The summed E-state index contributed by atoms with van der Waals surface area (Å²) < 4.78 is 5.18. The summed E-state index contributed by atoms with van der Waals surface area (Å²) in [5.41, 5.74) is 0.413. The number of phenols is 1. The Labute approximate surface area is 87.4 Å². The number of carbonyl (C=O) groups is 1. The van der Waals surface area contributed by atoms with Crippen molar-refractivity contribution >= 4 is 5.97 Å². The number of phenolic OH excluding ortho intramolecular Hbond substituents is 1. The van der Waals surface area contributed by atoms with Crippen LogP contribution >= 0.6 is 0 Å². The molecule has 0 saturated carbocycles. The van der Waals surface area contributed by atoms with E-state index < -0.39 is 12.1 Å². The highest BCUT2D eigenvalue weighted by Crippen LogP contribution is 2.18. The van der Waals surface area contributed by atoms with Gasteiger partial charge < -0.3 is 14.9 Å². The minimum Gasteiger partial charge on any atom is -0.508 e. The highest BCUT2D eigenvalue weighted by molar-refractivity contribution is 5.76. The molecule has 0 unspecified atom stereocenters. The molecule has 0 aliphatic carbocycles. The Kier molecular flexibility index (Phi) is 3.33. The second kappa shape index (κ2) is 4.50. The van der Waals surface area contributed by atoms with Crippen molar-refractivity contribution in [3.63, 3.8) is 0 Å². The second-order valence-corrected chi connectivity index (χ2v) is 3.18. The summed E-state index contributed by atoms with van der Waals surface area (Å²) in [6, 6.07) is 5.84. The zero-order valence-corrected chi connectivity index (χ0v) is 8.30. The van der Waals surface area contributed by atoms with Crippen LogP contribution in [-0.4, -0.2) is 22.3 Å². The number of aromatic hydroxyl groups is 1. The van der Waals surface area contributed by atoms with Gasteiger partial charge >= 0.3 is 5.97 Å². The number of carboxylic acid groups (broad SMARTS) is 1. The molecule has 15 heavy (non-hydrogen) atoms. The van der Waals surface area contributed by atoms with E-state index in [1.807, 2.05) is 0 Å². The first-order valence-electron chi connectivity index (χ1n) is 4.34. The third-order valence-electron chi connectivity index (χ3n) is 1.76. The lowest BCUT2D eigenvalue weighted by Crippen LogP contribution is -2.27. The molecule has 0 heterocycles. The zero-order valence-electron chi connectivity index (χ0n) is 8.30. The number of ether oxygens (including phenoxy) is 1. The topological polar surface area (TPSA) is 66.8 Å². The summed E-state index contributed by atoms with van der Waals surface area (Å²) in [7, 11) is 0. The van der Waals surface area contributed by atoms with Crippen molar-refractivity contribution in [2.75, 3.05) is 0 Å². The monoisotopic (exact) mass is 208 g/mol. The predicted octanol–water partition coefficient (Wildman–Crippen LogP) is 1.80. The summed E-state index contributed by atoms with van der Waals surface area (Å²) >= 11 is 0. The van der Waals surface area contributed by atoms with Gasteiger partial charge in [0, 0.05) is 0 Å². The van der Waals surface area contributed by atoms with Crippen molar-refractivity contribution in [1.29, 1.82) is 0 Å². The minimum absolute atomic E-state index is 0.101. The maximum absolute atomic E-state index is 10.8. The molecule has 0 radical (unpaired) electrons. The van der Waals surface area contributed by atoms with Gasteiger partial charge in [0.05, 0.1) is 0 Å². The smallest absolute Gasteiger partial charge is 0.349 e. The summed E-state index contributed by atoms with van der Waals surface area (Å²) in [6.07, 6.45) is -1.06. The molecule has 0 aliphatic heterocycles. The molecule has 1 rings (SSSR count). The number of hydrogen-bond acceptors (Lipinski definition) is 3. The molecule has 80 valence electrons. The number of aliphatic carboxylic acids is 1. The van der Waals surface area contributed by atoms with Crippen LogP contribution in [0.2, 0.25) is 0 Å². The fourth-order valence-electron chi connectivity index (χ4n) is 1.02. The van der Waals surface area contributed by atoms with Crippen LogP contribution in [0.15, 0.2) is 36.4 Å². The van der Waals surface area contributed by atoms with Gasteiger partial charge in [0.1, 0.15) is 11.5 Å². The Morgan fingerprint density at radius 2 is 1.93 bits per heavy atom. The standard InChI is InChI=1S/C11H12O4/c1-7(2)10(11(13)14)15-9-5-3-8(12)4-6-9/h3-6,10,12H,1H2,2H3,(H,13,14)/t10-/m1/s1. The third kappa shape index (κ3) is 3.02. The van der Waals surface area contributed by atoms with Crippen LogP contribution in [0.3, 0.4) is 0 Å². The Morgan fingerprint density at radius 3 is 2.33 bits per heavy atom. The summed E-state index contributed by atoms with van der Waals surface area (Å²) in [6.45, 7) is 5.12. The van der Waals surface area contributed by atoms with E-state index >= 15 is 0 Å². The van der Waals surface area contributed by atoms with Gasteiger partial charge in [-0.25, -0.2) is 4.79 Å². The molecule has 0 amide bonds. The van der Waals surface area contributed by atoms with E-state index in [2.05, 4.69) is 6.58 Å². The summed E-state index contributed by atoms with van der Waals surface area (Å²) in [5.74, 6) is -0.608. The Bertz CT molecular complexity index is 353. The maximum Gasteiger partial charge on any atom is 0.349 e. The number of benzene rings is 1. The van der Waals surface area contributed by atoms with Crippen LogP contribution in [0.4, 0.5) is 0 Å². The highest BCUT2D eigenvalue weighted by Gasteiger charge is 2.19. The number of carboxylic acids is 1. The molecular formula is C11H12O4. The van der Waals surface area contributed by atoms with Gasteiger partial charge in [-0.05, 0) is 36.8 Å². The quantitative estimate of drug-likeness (QED) is 0.740. The number of hydrogen-bond donors (Lipinski definition) is 2. The highest BCUT2D eigenvalue weighted by atomic mass is 16.5. The largest absolute Gasteiger partial charge is 0.508 e. The molecule has 1 atom stereocenters. The average Bonchev–Trinajstić information content (AvgIpc) is 2.15. The predicted molar refractivity (Wildman–Crippen MR) is 55.0 cm³/mol. The molecule has 0 saturated heterocycles. The lowest BCUT2D eigenvalue weighted by Gasteiger charge is -2.14. The van der Waals surface area contributed by atoms with Crippen molar-refractivity contribution in [3.8, 4) is 11.5 Å². The molecule has 4 heteroatoms. The molecule has 0 aliphatic rings. The van der Waals surface area contributed by atoms with E-state index in [0.29, 0.717) is 11.3 Å². The van der Waals surface area contributed by atoms with Crippen molar-refractivity contribution in [3.05, 3.63) is 36.4 Å². The molecule has 0 bridgehead atoms. The molecule has 1 aromatic carbocycles. The van der Waals surface area contributed by atoms with E-state index in [0.717, 1.165) is 0 Å². The molecule has 2 N–H and O–H groups in total. The number of rotatable bonds is 4. The van der Waals surface area contributed by atoms with Crippen LogP contribution in [0, 0.1) is 0 Å². The summed E-state index contributed by atoms with van der Waals surface area (Å²) in [5, 5.41) is 17.8. The average molecular weight is 208 g/mol. The Morgan fingerprint density at radius 1 is 1.40 bits per heavy atom. The van der Waals surface area contributed by atoms with Crippen LogP contribution in [-0.2, 0) is 4.79 Å². The van der Waals surface area contributed by atoms with Crippen LogP contribution in [0.25, 0.3) is 0 Å².